The molecule has 0 spiro atoms. The van der Waals surface area contributed by atoms with Gasteiger partial charge in [0.2, 0.25) is 6.04 Å². The molecule has 1 heterocycles. The molecule has 0 aromatic heterocycles. The molecule has 78 valence electrons. The zero-order valence-electron chi connectivity index (χ0n) is 9.03. The summed E-state index contributed by atoms with van der Waals surface area (Å²) in [7, 11) is 0. The molecule has 1 aliphatic heterocycles. The molecular weight excluding hydrogens is 184 g/mol. The first-order chi connectivity index (χ1) is 7.33. The maximum atomic E-state index is 7.20. The Morgan fingerprint density at radius 2 is 2.27 bits per heavy atom. The summed E-state index contributed by atoms with van der Waals surface area (Å²) >= 11 is 0. The smallest absolute Gasteiger partial charge is 0.229 e. The van der Waals surface area contributed by atoms with E-state index in [9.17, 15) is 0 Å². The third-order valence-electron chi connectivity index (χ3n) is 3.06. The van der Waals surface area contributed by atoms with Crippen LogP contribution in [0.2, 0.25) is 0 Å². The Kier molecular flexibility index (Phi) is 2.91. The molecule has 0 saturated heterocycles. The maximum absolute atomic E-state index is 7.20. The number of nitrogens with one attached hydrogen (secondary N) is 1. The summed E-state index contributed by atoms with van der Waals surface area (Å²) < 4.78 is 0. The Balaban J connectivity index is 2.30. The van der Waals surface area contributed by atoms with E-state index in [0.717, 1.165) is 19.3 Å². The molecule has 0 saturated carbocycles. The number of para-hydroxylation sites is 1. The molecule has 0 bridgehead atoms. The predicted molar refractivity (Wildman–Crippen MR) is 62.9 cm³/mol. The fourth-order valence-electron chi connectivity index (χ4n) is 2.15. The van der Waals surface area contributed by atoms with E-state index in [1.54, 1.807) is 0 Å². The zero-order chi connectivity index (χ0) is 10.7. The van der Waals surface area contributed by atoms with Crippen LogP contribution in [0.3, 0.4) is 0 Å². The minimum absolute atomic E-state index is 0.145. The van der Waals surface area contributed by atoms with Crippen LogP contribution in [0.5, 0.6) is 0 Å². The van der Waals surface area contributed by atoms with Gasteiger partial charge in [-0.1, -0.05) is 25.1 Å². The van der Waals surface area contributed by atoms with Crippen molar-refractivity contribution in [2.75, 3.05) is 5.32 Å². The minimum atomic E-state index is 0.145. The molecule has 15 heavy (non-hydrogen) atoms. The highest BCUT2D eigenvalue weighted by atomic mass is 14.9. The lowest BCUT2D eigenvalue weighted by Crippen LogP contribution is -2.21. The maximum Gasteiger partial charge on any atom is 0.229 e. The Morgan fingerprint density at radius 1 is 1.47 bits per heavy atom. The van der Waals surface area contributed by atoms with Gasteiger partial charge in [0.15, 0.2) is 0 Å². The van der Waals surface area contributed by atoms with Crippen LogP contribution in [0.1, 0.15) is 25.3 Å². The van der Waals surface area contributed by atoms with E-state index in [1.807, 2.05) is 6.07 Å². The number of hydrogen-bond donors (Lipinski definition) is 1. The zero-order valence-corrected chi connectivity index (χ0v) is 9.03. The standard InChI is InChI=1S/C13H16N2/c1-3-11-9-12(14-2)8-10-6-4-5-7-13(10)15-11/h4-7,11-12,15H,3,8-9H2,1H3. The van der Waals surface area contributed by atoms with Gasteiger partial charge >= 0.3 is 0 Å². The van der Waals surface area contributed by atoms with Crippen LogP contribution in [0.4, 0.5) is 5.69 Å². The molecule has 1 aromatic rings. The Labute approximate surface area is 91.1 Å². The summed E-state index contributed by atoms with van der Waals surface area (Å²) in [5, 5.41) is 3.53. The molecule has 1 aliphatic rings. The second-order valence-corrected chi connectivity index (χ2v) is 4.13. The summed E-state index contributed by atoms with van der Waals surface area (Å²) in [5.74, 6) is 0. The molecule has 0 amide bonds. The van der Waals surface area contributed by atoms with Gasteiger partial charge in [0.05, 0.1) is 0 Å². The third kappa shape index (κ3) is 2.12. The molecule has 2 unspecified atom stereocenters. The second-order valence-electron chi connectivity index (χ2n) is 4.13. The topological polar surface area (TPSA) is 16.4 Å². The fraction of sp³-hybridized carbons (Fsp3) is 0.462. The molecule has 1 N–H and O–H groups in total. The molecule has 0 fully saturated rings. The number of fused-ring (bicyclic) bond motifs is 1. The first-order valence-corrected chi connectivity index (χ1v) is 5.54. The average molecular weight is 200 g/mol. The van der Waals surface area contributed by atoms with Crippen molar-refractivity contribution < 1.29 is 0 Å². The lowest BCUT2D eigenvalue weighted by Gasteiger charge is -2.15. The first kappa shape index (κ1) is 10.0. The molecule has 0 aliphatic carbocycles. The van der Waals surface area contributed by atoms with E-state index >= 15 is 0 Å². The molecule has 2 rings (SSSR count). The molecular formula is C13H16N2. The van der Waals surface area contributed by atoms with Gasteiger partial charge in [0, 0.05) is 24.6 Å². The van der Waals surface area contributed by atoms with Crippen molar-refractivity contribution in [3.05, 3.63) is 41.2 Å². The molecule has 1 aromatic carbocycles. The van der Waals surface area contributed by atoms with Crippen LogP contribution < -0.4 is 5.32 Å². The van der Waals surface area contributed by atoms with E-state index in [-0.39, 0.29) is 6.04 Å². The number of benzene rings is 1. The number of anilines is 1. The number of nitrogens with zero attached hydrogens (tertiary/aromatic N) is 1. The van der Waals surface area contributed by atoms with Gasteiger partial charge < -0.3 is 10.2 Å². The van der Waals surface area contributed by atoms with Crippen LogP contribution in [-0.2, 0) is 6.42 Å². The third-order valence-corrected chi connectivity index (χ3v) is 3.06. The predicted octanol–water partition coefficient (Wildman–Crippen LogP) is 3.11. The van der Waals surface area contributed by atoms with E-state index in [4.69, 9.17) is 6.57 Å². The minimum Gasteiger partial charge on any atom is -0.382 e. The van der Waals surface area contributed by atoms with Gasteiger partial charge in [0.1, 0.15) is 0 Å². The van der Waals surface area contributed by atoms with Crippen molar-refractivity contribution in [2.24, 2.45) is 0 Å². The summed E-state index contributed by atoms with van der Waals surface area (Å²) in [4.78, 5) is 3.71. The molecule has 2 nitrogen and oxygen atoms in total. The average Bonchev–Trinajstić information content (AvgIpc) is 2.47. The van der Waals surface area contributed by atoms with E-state index in [0.29, 0.717) is 6.04 Å². The summed E-state index contributed by atoms with van der Waals surface area (Å²) in [5.41, 5.74) is 2.50. The van der Waals surface area contributed by atoms with Crippen molar-refractivity contribution >= 4 is 5.69 Å². The SMILES string of the molecule is [C-]#[N+]C1Cc2ccccc2NC(CC)C1. The van der Waals surface area contributed by atoms with Crippen LogP contribution in [0, 0.1) is 6.57 Å². The molecule has 0 radical (unpaired) electrons. The largest absolute Gasteiger partial charge is 0.382 e. The van der Waals surface area contributed by atoms with Gasteiger partial charge in [-0.05, 0) is 18.1 Å². The van der Waals surface area contributed by atoms with E-state index in [1.165, 1.54) is 11.3 Å². The van der Waals surface area contributed by atoms with Crippen LogP contribution >= 0.6 is 0 Å². The van der Waals surface area contributed by atoms with Crippen LogP contribution in [-0.4, -0.2) is 12.1 Å². The highest BCUT2D eigenvalue weighted by molar-refractivity contribution is 5.53. The van der Waals surface area contributed by atoms with Crippen LogP contribution in [0.15, 0.2) is 24.3 Å². The number of rotatable bonds is 1. The van der Waals surface area contributed by atoms with Gasteiger partial charge in [-0.25, -0.2) is 6.57 Å². The van der Waals surface area contributed by atoms with Crippen molar-refractivity contribution in [3.63, 3.8) is 0 Å². The van der Waals surface area contributed by atoms with E-state index < -0.39 is 0 Å². The lowest BCUT2D eigenvalue weighted by atomic mass is 10.0. The summed E-state index contributed by atoms with van der Waals surface area (Å²) in [6.07, 6.45) is 2.94. The highest BCUT2D eigenvalue weighted by Crippen LogP contribution is 2.26. The highest BCUT2D eigenvalue weighted by Gasteiger charge is 2.24. The van der Waals surface area contributed by atoms with Gasteiger partial charge in [-0.15, -0.1) is 0 Å². The Morgan fingerprint density at radius 3 is 3.00 bits per heavy atom. The van der Waals surface area contributed by atoms with Gasteiger partial charge in [-0.3, -0.25) is 0 Å². The second kappa shape index (κ2) is 4.35. The van der Waals surface area contributed by atoms with Crippen molar-refractivity contribution in [1.82, 2.24) is 0 Å². The van der Waals surface area contributed by atoms with Gasteiger partial charge in [0.25, 0.3) is 0 Å². The van der Waals surface area contributed by atoms with Crippen LogP contribution in [0.25, 0.3) is 4.85 Å². The Bertz CT molecular complexity index is 378. The summed E-state index contributed by atoms with van der Waals surface area (Å²) in [6, 6.07) is 8.94. The normalized spacial score (nSPS) is 24.5. The quantitative estimate of drug-likeness (QED) is 0.689. The monoisotopic (exact) mass is 200 g/mol. The molecule has 2 atom stereocenters. The van der Waals surface area contributed by atoms with Crippen molar-refractivity contribution in [3.8, 4) is 0 Å². The van der Waals surface area contributed by atoms with Crippen molar-refractivity contribution in [1.29, 1.82) is 0 Å². The van der Waals surface area contributed by atoms with Crippen molar-refractivity contribution in [2.45, 2.75) is 38.3 Å². The van der Waals surface area contributed by atoms with E-state index in [2.05, 4.69) is 35.3 Å². The van der Waals surface area contributed by atoms with Gasteiger partial charge in [-0.2, -0.15) is 0 Å². The fourth-order valence-corrected chi connectivity index (χ4v) is 2.15. The number of hydrogen-bond acceptors (Lipinski definition) is 1. The summed E-state index contributed by atoms with van der Waals surface area (Å²) in [6.45, 7) is 9.37. The lowest BCUT2D eigenvalue weighted by molar-refractivity contribution is 0.589. The molecule has 2 heteroatoms. The first-order valence-electron chi connectivity index (χ1n) is 5.54. The Hall–Kier alpha value is -1.49.